The van der Waals surface area contributed by atoms with Crippen LogP contribution in [0.2, 0.25) is 0 Å². The predicted octanol–water partition coefficient (Wildman–Crippen LogP) is 1.06. The smallest absolute Gasteiger partial charge is 0.247 e. The maximum atomic E-state index is 11.6. The summed E-state index contributed by atoms with van der Waals surface area (Å²) >= 11 is 1.06. The molecule has 0 fully saturated rings. The number of rotatable bonds is 3. The minimum atomic E-state index is -3.64. The highest BCUT2D eigenvalue weighted by molar-refractivity contribution is 7.91. The van der Waals surface area contributed by atoms with E-state index in [0.29, 0.717) is 6.54 Å². The molecule has 17 heavy (non-hydrogen) atoms. The fraction of sp³-hybridized carbons (Fsp3) is 0.500. The summed E-state index contributed by atoms with van der Waals surface area (Å²) in [6.07, 6.45) is 0. The standard InChI is InChI=1S/C10H16N2O3S2/c1-10(2,3)9(13)12-6-7-4-5-8(16-7)17(11,14)15/h4-5H,6H2,1-3H3,(H,12,13)(H2,11,14,15). The lowest BCUT2D eigenvalue weighted by Gasteiger charge is -2.17. The lowest BCUT2D eigenvalue weighted by Crippen LogP contribution is -2.34. The van der Waals surface area contributed by atoms with E-state index < -0.39 is 15.4 Å². The first-order chi connectivity index (χ1) is 7.60. The van der Waals surface area contributed by atoms with Crippen LogP contribution in [0.1, 0.15) is 25.6 Å². The number of carbonyl (C=O) groups is 1. The summed E-state index contributed by atoms with van der Waals surface area (Å²) in [6, 6.07) is 3.09. The highest BCUT2D eigenvalue weighted by Gasteiger charge is 2.21. The van der Waals surface area contributed by atoms with Gasteiger partial charge in [-0.2, -0.15) is 0 Å². The maximum absolute atomic E-state index is 11.6. The zero-order chi connectivity index (χ0) is 13.3. The van der Waals surface area contributed by atoms with E-state index in [1.54, 1.807) is 6.07 Å². The largest absolute Gasteiger partial charge is 0.351 e. The second-order valence-electron chi connectivity index (χ2n) is 4.70. The van der Waals surface area contributed by atoms with E-state index in [2.05, 4.69) is 5.32 Å². The molecule has 7 heteroatoms. The molecule has 0 aliphatic carbocycles. The molecule has 0 saturated heterocycles. The van der Waals surface area contributed by atoms with Gasteiger partial charge in [-0.3, -0.25) is 4.79 Å². The van der Waals surface area contributed by atoms with E-state index in [4.69, 9.17) is 5.14 Å². The Labute approximate surface area is 105 Å². The lowest BCUT2D eigenvalue weighted by molar-refractivity contribution is -0.128. The van der Waals surface area contributed by atoms with E-state index in [-0.39, 0.29) is 10.1 Å². The van der Waals surface area contributed by atoms with Crippen LogP contribution in [0.3, 0.4) is 0 Å². The summed E-state index contributed by atoms with van der Waals surface area (Å²) in [5.74, 6) is -0.0805. The molecular weight excluding hydrogens is 260 g/mol. The molecule has 1 heterocycles. The van der Waals surface area contributed by atoms with Gasteiger partial charge in [0, 0.05) is 10.3 Å². The van der Waals surface area contributed by atoms with Gasteiger partial charge in [-0.1, -0.05) is 20.8 Å². The average Bonchev–Trinajstić information content (AvgIpc) is 2.59. The van der Waals surface area contributed by atoms with Gasteiger partial charge >= 0.3 is 0 Å². The zero-order valence-corrected chi connectivity index (χ0v) is 11.6. The van der Waals surface area contributed by atoms with Crippen LogP contribution in [0.5, 0.6) is 0 Å². The molecule has 1 aromatic rings. The summed E-state index contributed by atoms with van der Waals surface area (Å²) < 4.78 is 22.2. The van der Waals surface area contributed by atoms with E-state index >= 15 is 0 Å². The monoisotopic (exact) mass is 276 g/mol. The highest BCUT2D eigenvalue weighted by atomic mass is 32.2. The van der Waals surface area contributed by atoms with Gasteiger partial charge in [-0.25, -0.2) is 13.6 Å². The maximum Gasteiger partial charge on any atom is 0.247 e. The van der Waals surface area contributed by atoms with Crippen LogP contribution in [-0.4, -0.2) is 14.3 Å². The summed E-state index contributed by atoms with van der Waals surface area (Å²) in [5, 5.41) is 7.73. The van der Waals surface area contributed by atoms with E-state index in [9.17, 15) is 13.2 Å². The second kappa shape index (κ2) is 4.75. The van der Waals surface area contributed by atoms with Gasteiger partial charge in [0.1, 0.15) is 4.21 Å². The SMILES string of the molecule is CC(C)(C)C(=O)NCc1ccc(S(N)(=O)=O)s1. The van der Waals surface area contributed by atoms with Gasteiger partial charge in [-0.15, -0.1) is 11.3 Å². The van der Waals surface area contributed by atoms with Crippen LogP contribution >= 0.6 is 11.3 Å². The van der Waals surface area contributed by atoms with Crippen molar-refractivity contribution in [3.8, 4) is 0 Å². The molecular formula is C10H16N2O3S2. The molecule has 0 unspecified atom stereocenters. The van der Waals surface area contributed by atoms with Crippen molar-refractivity contribution in [3.05, 3.63) is 17.0 Å². The Kier molecular flexibility index (Phi) is 3.95. The first-order valence-electron chi connectivity index (χ1n) is 5.00. The summed E-state index contributed by atoms with van der Waals surface area (Å²) in [6.45, 7) is 5.75. The lowest BCUT2D eigenvalue weighted by atomic mass is 9.96. The number of nitrogens with one attached hydrogen (secondary N) is 1. The number of hydrogen-bond acceptors (Lipinski definition) is 4. The predicted molar refractivity (Wildman–Crippen MR) is 67.0 cm³/mol. The summed E-state index contributed by atoms with van der Waals surface area (Å²) in [7, 11) is -3.64. The van der Waals surface area contributed by atoms with Crippen molar-refractivity contribution < 1.29 is 13.2 Å². The Morgan fingerprint density at radius 1 is 1.41 bits per heavy atom. The molecule has 1 amide bonds. The molecule has 0 aliphatic heterocycles. The van der Waals surface area contributed by atoms with Crippen molar-refractivity contribution in [3.63, 3.8) is 0 Å². The number of hydrogen-bond donors (Lipinski definition) is 2. The van der Waals surface area contributed by atoms with Crippen LogP contribution in [0.25, 0.3) is 0 Å². The Hall–Kier alpha value is -0.920. The van der Waals surface area contributed by atoms with Gasteiger partial charge in [0.2, 0.25) is 15.9 Å². The van der Waals surface area contributed by atoms with Crippen molar-refractivity contribution in [2.45, 2.75) is 31.5 Å². The van der Waals surface area contributed by atoms with Crippen molar-refractivity contribution in [2.24, 2.45) is 10.6 Å². The molecule has 0 bridgehead atoms. The summed E-state index contributed by atoms with van der Waals surface area (Å²) in [5.41, 5.74) is -0.458. The van der Waals surface area contributed by atoms with E-state index in [0.717, 1.165) is 16.2 Å². The normalized spacial score (nSPS) is 12.5. The van der Waals surface area contributed by atoms with Crippen LogP contribution in [-0.2, 0) is 21.4 Å². The Morgan fingerprint density at radius 3 is 2.41 bits per heavy atom. The van der Waals surface area contributed by atoms with Crippen molar-refractivity contribution in [1.82, 2.24) is 5.32 Å². The number of sulfonamides is 1. The summed E-state index contributed by atoms with van der Waals surface area (Å²) in [4.78, 5) is 12.3. The topological polar surface area (TPSA) is 89.3 Å². The molecule has 1 aromatic heterocycles. The van der Waals surface area contributed by atoms with Gasteiger partial charge < -0.3 is 5.32 Å². The third-order valence-corrected chi connectivity index (χ3v) is 4.55. The van der Waals surface area contributed by atoms with Crippen LogP contribution in [0.4, 0.5) is 0 Å². The number of amides is 1. The average molecular weight is 276 g/mol. The molecule has 0 aliphatic rings. The van der Waals surface area contributed by atoms with Crippen LogP contribution in [0, 0.1) is 5.41 Å². The molecule has 0 aromatic carbocycles. The molecule has 5 nitrogen and oxygen atoms in total. The number of nitrogens with two attached hydrogens (primary N) is 1. The Balaban J connectivity index is 2.66. The molecule has 1 rings (SSSR count). The van der Waals surface area contributed by atoms with Crippen LogP contribution in [0.15, 0.2) is 16.3 Å². The number of primary sulfonamides is 1. The minimum absolute atomic E-state index is 0.0805. The Morgan fingerprint density at radius 2 is 2.00 bits per heavy atom. The fourth-order valence-electron chi connectivity index (χ4n) is 1.04. The molecule has 96 valence electrons. The van der Waals surface area contributed by atoms with Gasteiger partial charge in [0.05, 0.1) is 6.54 Å². The first-order valence-corrected chi connectivity index (χ1v) is 7.37. The van der Waals surface area contributed by atoms with Gasteiger partial charge in [0.25, 0.3) is 0 Å². The van der Waals surface area contributed by atoms with Gasteiger partial charge in [0.15, 0.2) is 0 Å². The van der Waals surface area contributed by atoms with Gasteiger partial charge in [-0.05, 0) is 12.1 Å². The third-order valence-electron chi connectivity index (χ3n) is 2.02. The molecule has 0 radical (unpaired) electrons. The highest BCUT2D eigenvalue weighted by Crippen LogP contribution is 2.20. The quantitative estimate of drug-likeness (QED) is 0.865. The zero-order valence-electron chi connectivity index (χ0n) is 9.98. The molecule has 3 N–H and O–H groups in total. The Bertz CT molecular complexity index is 512. The molecule has 0 atom stereocenters. The van der Waals surface area contributed by atoms with Crippen molar-refractivity contribution in [1.29, 1.82) is 0 Å². The van der Waals surface area contributed by atoms with E-state index in [1.165, 1.54) is 6.07 Å². The van der Waals surface area contributed by atoms with Crippen LogP contribution < -0.4 is 10.5 Å². The molecule has 0 spiro atoms. The van der Waals surface area contributed by atoms with Crippen molar-refractivity contribution in [2.75, 3.05) is 0 Å². The second-order valence-corrected chi connectivity index (χ2v) is 7.66. The van der Waals surface area contributed by atoms with Crippen molar-refractivity contribution >= 4 is 27.3 Å². The van der Waals surface area contributed by atoms with E-state index in [1.807, 2.05) is 20.8 Å². The molecule has 0 saturated carbocycles. The minimum Gasteiger partial charge on any atom is -0.351 e. The number of carbonyl (C=O) groups excluding carboxylic acids is 1. The first kappa shape index (κ1) is 14.1. The number of thiophene rings is 1. The fourth-order valence-corrected chi connectivity index (χ4v) is 2.76. The third kappa shape index (κ3) is 4.10.